The topological polar surface area (TPSA) is 76.4 Å². The van der Waals surface area contributed by atoms with E-state index in [1.165, 1.54) is 0 Å². The van der Waals surface area contributed by atoms with Gasteiger partial charge in [0.25, 0.3) is 5.91 Å². The van der Waals surface area contributed by atoms with Gasteiger partial charge in [-0.25, -0.2) is 0 Å². The number of aromatic nitrogens is 2. The molecule has 1 heterocycles. The van der Waals surface area contributed by atoms with Crippen LogP contribution in [0.2, 0.25) is 0 Å². The lowest BCUT2D eigenvalue weighted by molar-refractivity contribution is 0.0832. The highest BCUT2D eigenvalue weighted by atomic mass is 16.5. The molecule has 0 fully saturated rings. The van der Waals surface area contributed by atoms with E-state index in [0.29, 0.717) is 25.5 Å². The zero-order valence-corrected chi connectivity index (χ0v) is 10.3. The van der Waals surface area contributed by atoms with E-state index in [1.807, 2.05) is 6.92 Å². The van der Waals surface area contributed by atoms with Crippen LogP contribution in [0.4, 0.5) is 0 Å². The van der Waals surface area contributed by atoms with Gasteiger partial charge in [-0.2, -0.15) is 5.10 Å². The first-order chi connectivity index (χ1) is 8.19. The number of ether oxygens (including phenoxy) is 1. The molecule has 6 nitrogen and oxygen atoms in total. The highest BCUT2D eigenvalue weighted by Gasteiger charge is 2.11. The molecule has 0 aromatic carbocycles. The molecule has 0 saturated carbocycles. The standard InChI is InChI=1S/C11H19N3O3/c1-3-9-8-10(14(2)13-9)11(16)12-4-6-17-7-5-15/h8,15H,3-7H2,1-2H3,(H,12,16). The number of amides is 1. The third kappa shape index (κ3) is 4.16. The summed E-state index contributed by atoms with van der Waals surface area (Å²) >= 11 is 0. The quantitative estimate of drug-likeness (QED) is 0.644. The number of carbonyl (C=O) groups is 1. The summed E-state index contributed by atoms with van der Waals surface area (Å²) in [6.07, 6.45) is 0.806. The van der Waals surface area contributed by atoms with Crippen LogP contribution < -0.4 is 5.32 Å². The molecule has 17 heavy (non-hydrogen) atoms. The minimum atomic E-state index is -0.160. The maximum atomic E-state index is 11.8. The van der Waals surface area contributed by atoms with E-state index in [-0.39, 0.29) is 12.5 Å². The van der Waals surface area contributed by atoms with Gasteiger partial charge in [-0.3, -0.25) is 9.48 Å². The van der Waals surface area contributed by atoms with E-state index >= 15 is 0 Å². The Bertz CT molecular complexity index is 363. The molecular weight excluding hydrogens is 222 g/mol. The normalized spacial score (nSPS) is 10.5. The number of hydrogen-bond donors (Lipinski definition) is 2. The Morgan fingerprint density at radius 2 is 2.35 bits per heavy atom. The fourth-order valence-corrected chi connectivity index (χ4v) is 1.41. The molecule has 0 unspecified atom stereocenters. The molecule has 1 aromatic rings. The zero-order chi connectivity index (χ0) is 12.7. The summed E-state index contributed by atoms with van der Waals surface area (Å²) in [5, 5.41) is 15.4. The molecule has 0 aliphatic rings. The molecule has 0 bridgehead atoms. The van der Waals surface area contributed by atoms with Gasteiger partial charge in [-0.1, -0.05) is 6.92 Å². The van der Waals surface area contributed by atoms with Crippen molar-refractivity contribution in [3.63, 3.8) is 0 Å². The van der Waals surface area contributed by atoms with E-state index < -0.39 is 0 Å². The molecule has 1 aromatic heterocycles. The van der Waals surface area contributed by atoms with Gasteiger partial charge >= 0.3 is 0 Å². The summed E-state index contributed by atoms with van der Waals surface area (Å²) in [4.78, 5) is 11.8. The largest absolute Gasteiger partial charge is 0.394 e. The number of hydrogen-bond acceptors (Lipinski definition) is 4. The fourth-order valence-electron chi connectivity index (χ4n) is 1.41. The molecule has 0 aliphatic heterocycles. The van der Waals surface area contributed by atoms with Gasteiger partial charge in [0.15, 0.2) is 0 Å². The number of aliphatic hydroxyl groups excluding tert-OH is 1. The maximum Gasteiger partial charge on any atom is 0.269 e. The smallest absolute Gasteiger partial charge is 0.269 e. The number of aryl methyl sites for hydroxylation is 2. The van der Waals surface area contributed by atoms with Crippen molar-refractivity contribution in [2.45, 2.75) is 13.3 Å². The average Bonchev–Trinajstić information content (AvgIpc) is 2.70. The summed E-state index contributed by atoms with van der Waals surface area (Å²) in [5.41, 5.74) is 1.44. The van der Waals surface area contributed by atoms with E-state index in [9.17, 15) is 4.79 Å². The van der Waals surface area contributed by atoms with Crippen LogP contribution in [0.1, 0.15) is 23.1 Å². The molecule has 0 atom stereocenters. The van der Waals surface area contributed by atoms with Crippen molar-refractivity contribution in [1.29, 1.82) is 0 Å². The molecule has 1 amide bonds. The number of carbonyl (C=O) groups excluding carboxylic acids is 1. The number of rotatable bonds is 7. The van der Waals surface area contributed by atoms with E-state index in [4.69, 9.17) is 9.84 Å². The summed E-state index contributed by atoms with van der Waals surface area (Å²) in [7, 11) is 1.75. The van der Waals surface area contributed by atoms with Crippen LogP contribution >= 0.6 is 0 Å². The molecular formula is C11H19N3O3. The van der Waals surface area contributed by atoms with Crippen LogP contribution in [-0.2, 0) is 18.2 Å². The molecule has 0 saturated heterocycles. The van der Waals surface area contributed by atoms with Crippen LogP contribution in [0.3, 0.4) is 0 Å². The SMILES string of the molecule is CCc1cc(C(=O)NCCOCCO)n(C)n1. The first-order valence-electron chi connectivity index (χ1n) is 5.68. The van der Waals surface area contributed by atoms with Crippen LogP contribution in [0, 0.1) is 0 Å². The first-order valence-corrected chi connectivity index (χ1v) is 5.68. The summed E-state index contributed by atoms with van der Waals surface area (Å²) in [6, 6.07) is 1.78. The van der Waals surface area contributed by atoms with E-state index in [0.717, 1.165) is 12.1 Å². The zero-order valence-electron chi connectivity index (χ0n) is 10.3. The molecule has 0 radical (unpaired) electrons. The Labute approximate surface area is 101 Å². The van der Waals surface area contributed by atoms with E-state index in [1.54, 1.807) is 17.8 Å². The van der Waals surface area contributed by atoms with Gasteiger partial charge in [0.05, 0.1) is 25.5 Å². The first kappa shape index (κ1) is 13.7. The Morgan fingerprint density at radius 3 is 2.94 bits per heavy atom. The lowest BCUT2D eigenvalue weighted by Gasteiger charge is -2.05. The Balaban J connectivity index is 2.38. The van der Waals surface area contributed by atoms with Crippen LogP contribution in [0.25, 0.3) is 0 Å². The molecule has 96 valence electrons. The fraction of sp³-hybridized carbons (Fsp3) is 0.636. The third-order valence-electron chi connectivity index (χ3n) is 2.29. The number of nitrogens with one attached hydrogen (secondary N) is 1. The lowest BCUT2D eigenvalue weighted by atomic mass is 10.3. The van der Waals surface area contributed by atoms with Gasteiger partial charge in [0, 0.05) is 13.6 Å². The second-order valence-electron chi connectivity index (χ2n) is 3.59. The van der Waals surface area contributed by atoms with Crippen molar-refractivity contribution in [2.24, 2.45) is 7.05 Å². The Kier molecular flexibility index (Phi) is 5.65. The minimum Gasteiger partial charge on any atom is -0.394 e. The Morgan fingerprint density at radius 1 is 1.59 bits per heavy atom. The van der Waals surface area contributed by atoms with Crippen LogP contribution in [-0.4, -0.2) is 47.2 Å². The van der Waals surface area contributed by atoms with Crippen molar-refractivity contribution in [3.05, 3.63) is 17.5 Å². The monoisotopic (exact) mass is 241 g/mol. The highest BCUT2D eigenvalue weighted by Crippen LogP contribution is 2.03. The molecule has 0 aliphatic carbocycles. The van der Waals surface area contributed by atoms with Crippen molar-refractivity contribution < 1.29 is 14.6 Å². The average molecular weight is 241 g/mol. The molecule has 2 N–H and O–H groups in total. The van der Waals surface area contributed by atoms with Crippen LogP contribution in [0.15, 0.2) is 6.07 Å². The Hall–Kier alpha value is -1.40. The van der Waals surface area contributed by atoms with Crippen LogP contribution in [0.5, 0.6) is 0 Å². The predicted molar refractivity (Wildman–Crippen MR) is 62.8 cm³/mol. The number of aliphatic hydroxyl groups is 1. The van der Waals surface area contributed by atoms with Gasteiger partial charge in [-0.05, 0) is 12.5 Å². The number of nitrogens with zero attached hydrogens (tertiary/aromatic N) is 2. The van der Waals surface area contributed by atoms with Crippen molar-refractivity contribution >= 4 is 5.91 Å². The summed E-state index contributed by atoms with van der Waals surface area (Å²) < 4.78 is 6.61. The lowest BCUT2D eigenvalue weighted by Crippen LogP contribution is -2.29. The second-order valence-corrected chi connectivity index (χ2v) is 3.59. The van der Waals surface area contributed by atoms with Crippen molar-refractivity contribution in [1.82, 2.24) is 15.1 Å². The molecule has 6 heteroatoms. The van der Waals surface area contributed by atoms with Gasteiger partial charge in [-0.15, -0.1) is 0 Å². The minimum absolute atomic E-state index is 0.00443. The van der Waals surface area contributed by atoms with Gasteiger partial charge < -0.3 is 15.2 Å². The third-order valence-corrected chi connectivity index (χ3v) is 2.29. The summed E-state index contributed by atoms with van der Waals surface area (Å²) in [5.74, 6) is -0.160. The van der Waals surface area contributed by atoms with E-state index in [2.05, 4.69) is 10.4 Å². The van der Waals surface area contributed by atoms with Crippen molar-refractivity contribution in [2.75, 3.05) is 26.4 Å². The summed E-state index contributed by atoms with van der Waals surface area (Å²) in [6.45, 7) is 3.10. The highest BCUT2D eigenvalue weighted by molar-refractivity contribution is 5.92. The molecule has 1 rings (SSSR count). The van der Waals surface area contributed by atoms with Gasteiger partial charge in [0.2, 0.25) is 0 Å². The molecule has 0 spiro atoms. The van der Waals surface area contributed by atoms with Crippen molar-refractivity contribution in [3.8, 4) is 0 Å². The maximum absolute atomic E-state index is 11.8. The second kappa shape index (κ2) is 7.03. The van der Waals surface area contributed by atoms with Gasteiger partial charge in [0.1, 0.15) is 5.69 Å². The predicted octanol–water partition coefficient (Wildman–Crippen LogP) is -0.279.